The maximum Gasteiger partial charge on any atom is 0.391 e. The fourth-order valence-electron chi connectivity index (χ4n) is 2.04. The van der Waals surface area contributed by atoms with Crippen LogP contribution in [-0.4, -0.2) is 34.8 Å². The van der Waals surface area contributed by atoms with Gasteiger partial charge in [-0.1, -0.05) is 0 Å². The van der Waals surface area contributed by atoms with E-state index >= 15 is 0 Å². The molecule has 0 atom stereocenters. The van der Waals surface area contributed by atoms with Crippen molar-refractivity contribution in [2.75, 3.05) is 0 Å². The molecule has 1 aliphatic rings. The lowest BCUT2D eigenvalue weighted by molar-refractivity contribution is -0.198. The molecule has 6 nitrogen and oxygen atoms in total. The van der Waals surface area contributed by atoms with Crippen LogP contribution in [0.2, 0.25) is 0 Å². The summed E-state index contributed by atoms with van der Waals surface area (Å²) in [6, 6.07) is -0.0783. The molecule has 1 saturated carbocycles. The van der Waals surface area contributed by atoms with Gasteiger partial charge in [-0.2, -0.15) is 22.0 Å². The molecular weight excluding hydrogens is 327 g/mol. The Morgan fingerprint density at radius 3 is 2.65 bits per heavy atom. The Labute approximate surface area is 127 Å². The lowest BCUT2D eigenvalue weighted by Gasteiger charge is -2.36. The summed E-state index contributed by atoms with van der Waals surface area (Å²) in [5.74, 6) is -1.73. The van der Waals surface area contributed by atoms with E-state index in [0.29, 0.717) is 0 Å². The summed E-state index contributed by atoms with van der Waals surface area (Å²) in [5.41, 5.74) is 0.215. The van der Waals surface area contributed by atoms with E-state index in [4.69, 9.17) is 0 Å². The van der Waals surface area contributed by atoms with Gasteiger partial charge in [0.2, 0.25) is 5.88 Å². The van der Waals surface area contributed by atoms with E-state index in [0.717, 1.165) is 12.4 Å². The highest BCUT2D eigenvalue weighted by molar-refractivity contribution is 5.74. The second kappa shape index (κ2) is 6.92. The maximum absolute atomic E-state index is 12.3. The van der Waals surface area contributed by atoms with Gasteiger partial charge in [0.05, 0.1) is 18.2 Å². The second-order valence-corrected chi connectivity index (χ2v) is 4.96. The SMILES string of the molecule is O=C(NCc1cc(OC(F)F)ncn1)N[C@H]1C[C@H](C(F)(F)F)C1. The quantitative estimate of drug-likeness (QED) is 0.806. The molecule has 0 unspecified atom stereocenters. The normalized spacial score (nSPS) is 20.8. The molecule has 0 aliphatic heterocycles. The third kappa shape index (κ3) is 5.18. The van der Waals surface area contributed by atoms with Crippen molar-refractivity contribution < 1.29 is 31.5 Å². The molecule has 0 saturated heterocycles. The van der Waals surface area contributed by atoms with Gasteiger partial charge in [0.25, 0.3) is 0 Å². The van der Waals surface area contributed by atoms with E-state index < -0.39 is 30.8 Å². The van der Waals surface area contributed by atoms with Crippen molar-refractivity contribution in [1.29, 1.82) is 0 Å². The first kappa shape index (κ1) is 17.2. The summed E-state index contributed by atoms with van der Waals surface area (Å²) in [7, 11) is 0. The first-order valence-corrected chi connectivity index (χ1v) is 6.61. The number of halogens is 5. The number of hydrogen-bond donors (Lipinski definition) is 2. The molecule has 1 fully saturated rings. The van der Waals surface area contributed by atoms with E-state index in [9.17, 15) is 26.7 Å². The van der Waals surface area contributed by atoms with Crippen molar-refractivity contribution in [2.45, 2.75) is 38.2 Å². The van der Waals surface area contributed by atoms with Crippen LogP contribution in [0, 0.1) is 5.92 Å². The average molecular weight is 340 g/mol. The summed E-state index contributed by atoms with van der Waals surface area (Å²) in [5, 5.41) is 4.76. The molecule has 23 heavy (non-hydrogen) atoms. The Bertz CT molecular complexity index is 548. The summed E-state index contributed by atoms with van der Waals surface area (Å²) < 4.78 is 65.0. The number of hydrogen-bond acceptors (Lipinski definition) is 4. The van der Waals surface area contributed by atoms with E-state index in [1.54, 1.807) is 0 Å². The Hall–Kier alpha value is -2.20. The van der Waals surface area contributed by atoms with Crippen molar-refractivity contribution in [3.63, 3.8) is 0 Å². The van der Waals surface area contributed by atoms with Gasteiger partial charge in [0.1, 0.15) is 6.33 Å². The molecule has 0 spiro atoms. The Kier molecular flexibility index (Phi) is 5.16. The number of urea groups is 1. The zero-order valence-electron chi connectivity index (χ0n) is 11.6. The fraction of sp³-hybridized carbons (Fsp3) is 0.583. The Balaban J connectivity index is 1.73. The predicted octanol–water partition coefficient (Wildman–Crippen LogP) is 2.22. The number of carbonyl (C=O) groups is 1. The molecule has 128 valence electrons. The molecule has 11 heteroatoms. The van der Waals surface area contributed by atoms with E-state index in [1.807, 2.05) is 0 Å². The van der Waals surface area contributed by atoms with Crippen LogP contribution in [0.15, 0.2) is 12.4 Å². The van der Waals surface area contributed by atoms with Crippen LogP contribution in [0.3, 0.4) is 0 Å². The Morgan fingerprint density at radius 1 is 1.35 bits per heavy atom. The number of rotatable bonds is 5. The standard InChI is InChI=1S/C12H13F5N4O2/c13-10(14)23-9-3-8(19-5-20-9)4-18-11(22)21-7-1-6(2-7)12(15,16)17/h3,5-7,10H,1-2,4H2,(H2,18,21,22)/t6-,7-. The summed E-state index contributed by atoms with van der Waals surface area (Å²) in [4.78, 5) is 18.8. The van der Waals surface area contributed by atoms with E-state index in [1.165, 1.54) is 0 Å². The van der Waals surface area contributed by atoms with Crippen LogP contribution in [0.5, 0.6) is 5.88 Å². The monoisotopic (exact) mass is 340 g/mol. The molecule has 0 bridgehead atoms. The van der Waals surface area contributed by atoms with E-state index in [-0.39, 0.29) is 31.0 Å². The lowest BCUT2D eigenvalue weighted by atomic mass is 9.80. The molecule has 1 aliphatic carbocycles. The molecule has 0 aromatic carbocycles. The van der Waals surface area contributed by atoms with Gasteiger partial charge < -0.3 is 15.4 Å². The zero-order valence-corrected chi connectivity index (χ0v) is 11.6. The lowest BCUT2D eigenvalue weighted by Crippen LogP contribution is -2.51. The fourth-order valence-corrected chi connectivity index (χ4v) is 2.04. The van der Waals surface area contributed by atoms with Gasteiger partial charge in [0, 0.05) is 12.1 Å². The van der Waals surface area contributed by atoms with Crippen LogP contribution in [0.4, 0.5) is 26.7 Å². The maximum atomic E-state index is 12.3. The Morgan fingerprint density at radius 2 is 2.04 bits per heavy atom. The molecule has 1 heterocycles. The minimum absolute atomic E-state index is 0.108. The number of nitrogens with zero attached hydrogens (tertiary/aromatic N) is 2. The largest absolute Gasteiger partial charge is 0.417 e. The highest BCUT2D eigenvalue weighted by Gasteiger charge is 2.48. The van der Waals surface area contributed by atoms with Crippen LogP contribution >= 0.6 is 0 Å². The van der Waals surface area contributed by atoms with Gasteiger partial charge in [-0.3, -0.25) is 0 Å². The number of carbonyl (C=O) groups excluding carboxylic acids is 1. The molecule has 2 N–H and O–H groups in total. The van der Waals surface area contributed by atoms with E-state index in [2.05, 4.69) is 25.3 Å². The molecular formula is C12H13F5N4O2. The number of alkyl halides is 5. The molecule has 0 radical (unpaired) electrons. The van der Waals surface area contributed by atoms with Gasteiger partial charge in [-0.15, -0.1) is 0 Å². The molecule has 1 aromatic heterocycles. The van der Waals surface area contributed by atoms with Crippen LogP contribution in [0.25, 0.3) is 0 Å². The van der Waals surface area contributed by atoms with Crippen LogP contribution < -0.4 is 15.4 Å². The van der Waals surface area contributed by atoms with Crippen molar-refractivity contribution in [3.05, 3.63) is 18.1 Å². The van der Waals surface area contributed by atoms with Crippen LogP contribution in [0.1, 0.15) is 18.5 Å². The number of amides is 2. The smallest absolute Gasteiger partial charge is 0.391 e. The zero-order chi connectivity index (χ0) is 17.0. The highest BCUT2D eigenvalue weighted by atomic mass is 19.4. The van der Waals surface area contributed by atoms with Crippen molar-refractivity contribution in [2.24, 2.45) is 5.92 Å². The number of aromatic nitrogens is 2. The number of nitrogens with one attached hydrogen (secondary N) is 2. The summed E-state index contributed by atoms with van der Waals surface area (Å²) in [6.45, 7) is -3.14. The highest BCUT2D eigenvalue weighted by Crippen LogP contribution is 2.40. The third-order valence-electron chi connectivity index (χ3n) is 3.27. The van der Waals surface area contributed by atoms with Gasteiger partial charge >= 0.3 is 18.8 Å². The van der Waals surface area contributed by atoms with Gasteiger partial charge in [-0.25, -0.2) is 14.8 Å². The predicted molar refractivity (Wildman–Crippen MR) is 66.6 cm³/mol. The molecule has 2 amide bonds. The second-order valence-electron chi connectivity index (χ2n) is 4.96. The summed E-state index contributed by atoms with van der Waals surface area (Å²) >= 11 is 0. The minimum Gasteiger partial charge on any atom is -0.417 e. The van der Waals surface area contributed by atoms with Crippen molar-refractivity contribution >= 4 is 6.03 Å². The first-order chi connectivity index (χ1) is 10.7. The van der Waals surface area contributed by atoms with Gasteiger partial charge in [0.15, 0.2) is 0 Å². The average Bonchev–Trinajstić information content (AvgIpc) is 2.38. The van der Waals surface area contributed by atoms with Crippen LogP contribution in [-0.2, 0) is 6.54 Å². The minimum atomic E-state index is -4.24. The van der Waals surface area contributed by atoms with Gasteiger partial charge in [-0.05, 0) is 12.8 Å². The topological polar surface area (TPSA) is 76.1 Å². The van der Waals surface area contributed by atoms with Crippen molar-refractivity contribution in [3.8, 4) is 5.88 Å². The number of ether oxygens (including phenoxy) is 1. The third-order valence-corrected chi connectivity index (χ3v) is 3.27. The molecule has 2 rings (SSSR count). The summed E-state index contributed by atoms with van der Waals surface area (Å²) in [6.07, 6.45) is -3.56. The first-order valence-electron chi connectivity index (χ1n) is 6.61. The molecule has 1 aromatic rings. The van der Waals surface area contributed by atoms with Crippen molar-refractivity contribution in [1.82, 2.24) is 20.6 Å².